The van der Waals surface area contributed by atoms with Gasteiger partial charge in [0.05, 0.1) is 12.1 Å². The molecule has 4 atom stereocenters. The van der Waals surface area contributed by atoms with E-state index in [0.29, 0.717) is 0 Å². The zero-order chi connectivity index (χ0) is 7.72. The van der Waals surface area contributed by atoms with Gasteiger partial charge in [-0.25, -0.2) is 0 Å². The molecular weight excluding hydrogens is 133 g/mol. The van der Waals surface area contributed by atoms with Gasteiger partial charge in [-0.3, -0.25) is 0 Å². The number of aliphatic hydroxyl groups is 2. The first-order chi connectivity index (χ1) is 4.66. The van der Waals surface area contributed by atoms with Crippen molar-refractivity contribution < 1.29 is 14.9 Å². The van der Waals surface area contributed by atoms with Gasteiger partial charge < -0.3 is 20.7 Å². The molecule has 1 saturated heterocycles. The van der Waals surface area contributed by atoms with Gasteiger partial charge >= 0.3 is 0 Å². The molecule has 4 N–H and O–H groups in total. The van der Waals surface area contributed by atoms with Crippen molar-refractivity contribution in [2.24, 2.45) is 5.73 Å². The van der Waals surface area contributed by atoms with E-state index in [-0.39, 0.29) is 12.5 Å². The fourth-order valence-electron chi connectivity index (χ4n) is 1.13. The molecule has 10 heavy (non-hydrogen) atoms. The van der Waals surface area contributed by atoms with Gasteiger partial charge in [0.2, 0.25) is 0 Å². The van der Waals surface area contributed by atoms with E-state index in [2.05, 4.69) is 0 Å². The van der Waals surface area contributed by atoms with E-state index >= 15 is 0 Å². The van der Waals surface area contributed by atoms with Crippen LogP contribution in [-0.2, 0) is 4.74 Å². The van der Waals surface area contributed by atoms with Gasteiger partial charge in [-0.05, 0) is 0 Å². The van der Waals surface area contributed by atoms with Crippen LogP contribution in [-0.4, -0.2) is 48.9 Å². The summed E-state index contributed by atoms with van der Waals surface area (Å²) in [5.74, 6) is 0. The minimum atomic E-state index is -0.819. The maximum absolute atomic E-state index is 9.17. The fourth-order valence-corrected chi connectivity index (χ4v) is 1.13. The van der Waals surface area contributed by atoms with Crippen LogP contribution >= 0.6 is 0 Å². The summed E-state index contributed by atoms with van der Waals surface area (Å²) >= 11 is 0. The van der Waals surface area contributed by atoms with Crippen LogP contribution in [0, 0.1) is 0 Å². The van der Waals surface area contributed by atoms with Crippen molar-refractivity contribution in [3.05, 3.63) is 0 Å². The Hall–Kier alpha value is -0.0951. The lowest BCUT2D eigenvalue weighted by Gasteiger charge is -2.11. The zero-order valence-electron chi connectivity index (χ0n) is 5.90. The van der Waals surface area contributed by atoms with Crippen LogP contribution in [0.4, 0.5) is 0 Å². The molecule has 2 unspecified atom stereocenters. The number of rotatable bonds is 1. The van der Waals surface area contributed by atoms with Crippen LogP contribution < -0.4 is 5.73 Å². The topological polar surface area (TPSA) is 75.7 Å². The molecule has 1 heterocycles. The highest BCUT2D eigenvalue weighted by Crippen LogP contribution is 2.17. The standard InChI is InChI=1S/C5H12BNO3/c6-5-4(9)3(8)2(1-7)10-5/h2-5,8-9H,1,6-7H2/t2-,3?,4?,5-/m1/s1. The van der Waals surface area contributed by atoms with E-state index in [4.69, 9.17) is 15.6 Å². The van der Waals surface area contributed by atoms with E-state index < -0.39 is 18.3 Å². The normalized spacial score (nSPS) is 47.9. The van der Waals surface area contributed by atoms with E-state index in [1.54, 1.807) is 7.85 Å². The molecule has 1 fully saturated rings. The van der Waals surface area contributed by atoms with Gasteiger partial charge in [0.15, 0.2) is 0 Å². The summed E-state index contributed by atoms with van der Waals surface area (Å²) < 4.78 is 5.11. The molecule has 1 rings (SSSR count). The van der Waals surface area contributed by atoms with Gasteiger partial charge in [0, 0.05) is 6.54 Å². The Morgan fingerprint density at radius 1 is 1.40 bits per heavy atom. The summed E-state index contributed by atoms with van der Waals surface area (Å²) in [7, 11) is 1.71. The Balaban J connectivity index is 2.53. The molecule has 1 aliphatic heterocycles. The Labute approximate surface area is 60.4 Å². The van der Waals surface area contributed by atoms with Gasteiger partial charge in [0.25, 0.3) is 0 Å². The molecule has 0 aromatic heterocycles. The van der Waals surface area contributed by atoms with Crippen LogP contribution in [0.25, 0.3) is 0 Å². The zero-order valence-corrected chi connectivity index (χ0v) is 5.90. The lowest BCUT2D eigenvalue weighted by molar-refractivity contribution is 0.0273. The van der Waals surface area contributed by atoms with Gasteiger partial charge in [-0.2, -0.15) is 0 Å². The average Bonchev–Trinajstić information content (AvgIpc) is 2.17. The second-order valence-corrected chi connectivity index (χ2v) is 2.60. The number of hydrogen-bond donors (Lipinski definition) is 3. The molecule has 0 saturated carbocycles. The highest BCUT2D eigenvalue weighted by Gasteiger charge is 2.38. The molecule has 0 radical (unpaired) electrons. The Kier molecular flexibility index (Phi) is 2.30. The van der Waals surface area contributed by atoms with Crippen molar-refractivity contribution >= 4 is 7.85 Å². The largest absolute Gasteiger partial charge is 0.388 e. The van der Waals surface area contributed by atoms with Crippen molar-refractivity contribution in [1.82, 2.24) is 0 Å². The van der Waals surface area contributed by atoms with Gasteiger partial charge in [0.1, 0.15) is 20.1 Å². The molecule has 5 heteroatoms. The van der Waals surface area contributed by atoms with Crippen LogP contribution in [0.5, 0.6) is 0 Å². The van der Waals surface area contributed by atoms with E-state index in [0.717, 1.165) is 0 Å². The van der Waals surface area contributed by atoms with E-state index in [1.807, 2.05) is 0 Å². The first-order valence-corrected chi connectivity index (χ1v) is 3.38. The molecule has 4 nitrogen and oxygen atoms in total. The number of hydrogen-bond acceptors (Lipinski definition) is 4. The molecule has 1 aliphatic rings. The number of aliphatic hydroxyl groups excluding tert-OH is 2. The summed E-state index contributed by atoms with van der Waals surface area (Å²) in [6.45, 7) is 0.253. The second kappa shape index (κ2) is 2.88. The minimum Gasteiger partial charge on any atom is -0.388 e. The predicted molar refractivity (Wildman–Crippen MR) is 38.3 cm³/mol. The Morgan fingerprint density at radius 3 is 2.20 bits per heavy atom. The summed E-state index contributed by atoms with van der Waals surface area (Å²) in [6, 6.07) is -0.302. The van der Waals surface area contributed by atoms with Crippen LogP contribution in [0.2, 0.25) is 0 Å². The third-order valence-electron chi connectivity index (χ3n) is 1.83. The monoisotopic (exact) mass is 145 g/mol. The van der Waals surface area contributed by atoms with Crippen LogP contribution in [0.1, 0.15) is 0 Å². The molecule has 0 aliphatic carbocycles. The molecule has 0 aromatic carbocycles. The second-order valence-electron chi connectivity index (χ2n) is 2.60. The van der Waals surface area contributed by atoms with Crippen LogP contribution in [0.3, 0.4) is 0 Å². The number of nitrogens with two attached hydrogens (primary N) is 1. The fraction of sp³-hybridized carbons (Fsp3) is 1.00. The van der Waals surface area contributed by atoms with Crippen molar-refractivity contribution in [3.63, 3.8) is 0 Å². The first kappa shape index (κ1) is 8.01. The average molecular weight is 145 g/mol. The summed E-state index contributed by atoms with van der Waals surface area (Å²) in [4.78, 5) is 0. The third kappa shape index (κ3) is 1.18. The highest BCUT2D eigenvalue weighted by molar-refractivity contribution is 6.11. The minimum absolute atomic E-state index is 0.253. The van der Waals surface area contributed by atoms with Gasteiger partial charge in [-0.1, -0.05) is 0 Å². The summed E-state index contributed by atoms with van der Waals surface area (Å²) in [6.07, 6.45) is -2.00. The third-order valence-corrected chi connectivity index (χ3v) is 1.83. The van der Waals surface area contributed by atoms with E-state index in [1.165, 1.54) is 0 Å². The first-order valence-electron chi connectivity index (χ1n) is 3.38. The van der Waals surface area contributed by atoms with E-state index in [9.17, 15) is 5.11 Å². The van der Waals surface area contributed by atoms with Crippen molar-refractivity contribution in [3.8, 4) is 0 Å². The Bertz CT molecular complexity index is 123. The highest BCUT2D eigenvalue weighted by atomic mass is 16.5. The van der Waals surface area contributed by atoms with Gasteiger partial charge in [-0.15, -0.1) is 0 Å². The molecule has 0 amide bonds. The SMILES string of the molecule is B[C@@H]1O[C@H](CN)C(O)C1O. The van der Waals surface area contributed by atoms with Crippen LogP contribution in [0.15, 0.2) is 0 Å². The predicted octanol–water partition coefficient (Wildman–Crippen LogP) is -2.98. The summed E-state index contributed by atoms with van der Waals surface area (Å²) in [5, 5.41) is 18.3. The summed E-state index contributed by atoms with van der Waals surface area (Å²) in [5.41, 5.74) is 5.25. The lowest BCUT2D eigenvalue weighted by Crippen LogP contribution is -2.35. The van der Waals surface area contributed by atoms with Crippen molar-refractivity contribution in [2.45, 2.75) is 24.3 Å². The molecular formula is C5H12BNO3. The quantitative estimate of drug-likeness (QED) is 0.344. The molecule has 0 bridgehead atoms. The maximum atomic E-state index is 9.17. The van der Waals surface area contributed by atoms with Crippen molar-refractivity contribution in [1.29, 1.82) is 0 Å². The lowest BCUT2D eigenvalue weighted by atomic mass is 9.93. The smallest absolute Gasteiger partial charge is 0.142 e. The number of ether oxygens (including phenoxy) is 1. The van der Waals surface area contributed by atoms with Crippen molar-refractivity contribution in [2.75, 3.05) is 6.54 Å². The Morgan fingerprint density at radius 2 is 2.00 bits per heavy atom. The molecule has 0 aromatic rings. The maximum Gasteiger partial charge on any atom is 0.142 e. The molecule has 58 valence electrons. The molecule has 0 spiro atoms.